The molecular weight excluding hydrogens is 288 g/mol. The summed E-state index contributed by atoms with van der Waals surface area (Å²) in [6.07, 6.45) is 0. The van der Waals surface area contributed by atoms with Gasteiger partial charge in [-0.3, -0.25) is 0 Å². The van der Waals surface area contributed by atoms with Crippen molar-refractivity contribution in [3.63, 3.8) is 0 Å². The van der Waals surface area contributed by atoms with Crippen LogP contribution in [0.1, 0.15) is 11.1 Å². The topological polar surface area (TPSA) is 63.6 Å². The van der Waals surface area contributed by atoms with Gasteiger partial charge in [0.1, 0.15) is 6.61 Å². The Morgan fingerprint density at radius 2 is 1.90 bits per heavy atom. The molecule has 1 aliphatic heterocycles. The average molecular weight is 302 g/mol. The van der Waals surface area contributed by atoms with E-state index >= 15 is 0 Å². The van der Waals surface area contributed by atoms with Crippen LogP contribution in [0.15, 0.2) is 52.8 Å². The minimum atomic E-state index is -3.39. The maximum atomic E-state index is 12.1. The number of rotatable bonds is 3. The van der Waals surface area contributed by atoms with Crippen LogP contribution in [0.2, 0.25) is 0 Å². The van der Waals surface area contributed by atoms with E-state index in [9.17, 15) is 13.5 Å². The van der Waals surface area contributed by atoms with Crippen molar-refractivity contribution in [3.05, 3.63) is 59.0 Å². The lowest BCUT2D eigenvalue weighted by molar-refractivity contribution is 0.341. The number of aromatic hydroxyl groups is 1. The van der Waals surface area contributed by atoms with Crippen molar-refractivity contribution in [2.24, 2.45) is 0 Å². The van der Waals surface area contributed by atoms with Crippen molar-refractivity contribution in [2.45, 2.75) is 11.8 Å². The Balaban J connectivity index is 1.91. The van der Waals surface area contributed by atoms with Crippen LogP contribution in [0.3, 0.4) is 0 Å². The van der Waals surface area contributed by atoms with E-state index in [4.69, 9.17) is 4.74 Å². The molecule has 1 aliphatic rings. The highest BCUT2D eigenvalue weighted by Crippen LogP contribution is 2.35. The number of phenols is 1. The first kappa shape index (κ1) is 13.7. The molecule has 0 bridgehead atoms. The molecule has 2 aromatic rings. The quantitative estimate of drug-likeness (QED) is 0.947. The SMILES string of the molecule is Cc1ccc2c(c1)C(COc1ccccc1O)=CS2(=O)=O. The van der Waals surface area contributed by atoms with Gasteiger partial charge in [0, 0.05) is 16.5 Å². The zero-order chi connectivity index (χ0) is 15.0. The second-order valence-electron chi connectivity index (χ2n) is 4.94. The number of phenolic OH excluding ortho intramolecular Hbond substituents is 1. The van der Waals surface area contributed by atoms with Crippen molar-refractivity contribution in [1.82, 2.24) is 0 Å². The number of para-hydroxylation sites is 2. The van der Waals surface area contributed by atoms with Crippen LogP contribution in [0.5, 0.6) is 11.5 Å². The zero-order valence-electron chi connectivity index (χ0n) is 11.4. The second-order valence-corrected chi connectivity index (χ2v) is 6.71. The van der Waals surface area contributed by atoms with Crippen molar-refractivity contribution in [3.8, 4) is 11.5 Å². The normalized spacial score (nSPS) is 15.4. The Hall–Kier alpha value is -2.27. The molecule has 0 unspecified atom stereocenters. The first-order valence-electron chi connectivity index (χ1n) is 6.45. The van der Waals surface area contributed by atoms with Gasteiger partial charge in [0.25, 0.3) is 0 Å². The fourth-order valence-corrected chi connectivity index (χ4v) is 3.75. The van der Waals surface area contributed by atoms with Gasteiger partial charge in [-0.05, 0) is 25.1 Å². The third kappa shape index (κ3) is 2.52. The van der Waals surface area contributed by atoms with Crippen LogP contribution in [-0.4, -0.2) is 20.1 Å². The monoisotopic (exact) mass is 302 g/mol. The fraction of sp³-hybridized carbons (Fsp3) is 0.125. The standard InChI is InChI=1S/C16H14O4S/c1-11-6-7-16-13(8-11)12(10-21(16,18)19)9-20-15-5-3-2-4-14(15)17/h2-8,10,17H,9H2,1H3. The summed E-state index contributed by atoms with van der Waals surface area (Å²) in [4.78, 5) is 0.309. The summed E-state index contributed by atoms with van der Waals surface area (Å²) < 4.78 is 29.7. The second kappa shape index (κ2) is 4.93. The summed E-state index contributed by atoms with van der Waals surface area (Å²) in [5.41, 5.74) is 2.25. The Labute approximate surface area is 123 Å². The Bertz CT molecular complexity index is 835. The molecule has 0 saturated carbocycles. The van der Waals surface area contributed by atoms with Gasteiger partial charge in [0.05, 0.1) is 4.90 Å². The van der Waals surface area contributed by atoms with Gasteiger partial charge in [-0.1, -0.05) is 29.8 Å². The number of fused-ring (bicyclic) bond motifs is 1. The van der Waals surface area contributed by atoms with Crippen LogP contribution in [-0.2, 0) is 9.84 Å². The van der Waals surface area contributed by atoms with Crippen LogP contribution in [0.4, 0.5) is 0 Å². The molecule has 0 saturated heterocycles. The Morgan fingerprint density at radius 1 is 1.14 bits per heavy atom. The maximum Gasteiger partial charge on any atom is 0.200 e. The zero-order valence-corrected chi connectivity index (χ0v) is 12.2. The van der Waals surface area contributed by atoms with E-state index in [0.29, 0.717) is 21.8 Å². The lowest BCUT2D eigenvalue weighted by atomic mass is 10.1. The van der Waals surface area contributed by atoms with Crippen molar-refractivity contribution < 1.29 is 18.3 Å². The first-order valence-corrected chi connectivity index (χ1v) is 7.99. The third-order valence-corrected chi connectivity index (χ3v) is 4.90. The molecule has 0 aliphatic carbocycles. The van der Waals surface area contributed by atoms with E-state index in [-0.39, 0.29) is 12.4 Å². The van der Waals surface area contributed by atoms with Gasteiger partial charge in [-0.15, -0.1) is 0 Å². The fourth-order valence-electron chi connectivity index (χ4n) is 2.30. The molecular formula is C16H14O4S. The van der Waals surface area contributed by atoms with Gasteiger partial charge in [-0.2, -0.15) is 0 Å². The van der Waals surface area contributed by atoms with Crippen LogP contribution < -0.4 is 4.74 Å². The Morgan fingerprint density at radius 3 is 2.67 bits per heavy atom. The molecule has 21 heavy (non-hydrogen) atoms. The Kier molecular flexibility index (Phi) is 3.22. The number of hydrogen-bond acceptors (Lipinski definition) is 4. The average Bonchev–Trinajstić information content (AvgIpc) is 2.69. The predicted molar refractivity (Wildman–Crippen MR) is 79.9 cm³/mol. The van der Waals surface area contributed by atoms with Gasteiger partial charge in [0.2, 0.25) is 9.84 Å². The van der Waals surface area contributed by atoms with Crippen molar-refractivity contribution in [2.75, 3.05) is 6.61 Å². The third-order valence-electron chi connectivity index (χ3n) is 3.33. The highest BCUT2D eigenvalue weighted by molar-refractivity contribution is 7.95. The van der Waals surface area contributed by atoms with E-state index in [1.807, 2.05) is 13.0 Å². The lowest BCUT2D eigenvalue weighted by Crippen LogP contribution is -2.00. The summed E-state index contributed by atoms with van der Waals surface area (Å²) in [7, 11) is -3.39. The van der Waals surface area contributed by atoms with Gasteiger partial charge in [0.15, 0.2) is 11.5 Å². The number of aryl methyl sites for hydroxylation is 1. The molecule has 0 fully saturated rings. The number of ether oxygens (including phenoxy) is 1. The summed E-state index contributed by atoms with van der Waals surface area (Å²) in [5.74, 6) is 0.361. The summed E-state index contributed by atoms with van der Waals surface area (Å²) in [5, 5.41) is 10.9. The molecule has 108 valence electrons. The highest BCUT2D eigenvalue weighted by atomic mass is 32.2. The summed E-state index contributed by atoms with van der Waals surface area (Å²) in [6.45, 7) is 2.00. The smallest absolute Gasteiger partial charge is 0.200 e. The van der Waals surface area contributed by atoms with Crippen molar-refractivity contribution in [1.29, 1.82) is 0 Å². The maximum absolute atomic E-state index is 12.1. The minimum Gasteiger partial charge on any atom is -0.504 e. The summed E-state index contributed by atoms with van der Waals surface area (Å²) >= 11 is 0. The molecule has 4 nitrogen and oxygen atoms in total. The van der Waals surface area contributed by atoms with Crippen LogP contribution in [0.25, 0.3) is 5.57 Å². The molecule has 0 amide bonds. The van der Waals surface area contributed by atoms with Gasteiger partial charge < -0.3 is 9.84 Å². The number of sulfone groups is 1. The molecule has 0 atom stereocenters. The number of hydrogen-bond donors (Lipinski definition) is 1. The predicted octanol–water partition coefficient (Wildman–Crippen LogP) is 2.91. The van der Waals surface area contributed by atoms with Gasteiger partial charge in [-0.25, -0.2) is 8.42 Å². The molecule has 1 heterocycles. The molecule has 5 heteroatoms. The molecule has 0 spiro atoms. The molecule has 0 aromatic heterocycles. The molecule has 3 rings (SSSR count). The minimum absolute atomic E-state index is 0.0309. The summed E-state index contributed by atoms with van der Waals surface area (Å²) in [6, 6.07) is 11.8. The largest absolute Gasteiger partial charge is 0.504 e. The van der Waals surface area contributed by atoms with Crippen molar-refractivity contribution >= 4 is 15.4 Å². The van der Waals surface area contributed by atoms with E-state index < -0.39 is 9.84 Å². The molecule has 0 radical (unpaired) electrons. The van der Waals surface area contributed by atoms with E-state index in [1.165, 1.54) is 11.5 Å². The van der Waals surface area contributed by atoms with Gasteiger partial charge >= 0.3 is 0 Å². The van der Waals surface area contributed by atoms with E-state index in [2.05, 4.69) is 0 Å². The highest BCUT2D eigenvalue weighted by Gasteiger charge is 2.27. The first-order chi connectivity index (χ1) is 9.97. The lowest BCUT2D eigenvalue weighted by Gasteiger charge is -2.09. The van der Waals surface area contributed by atoms with E-state index in [1.54, 1.807) is 30.3 Å². The number of benzene rings is 2. The van der Waals surface area contributed by atoms with E-state index in [0.717, 1.165) is 5.56 Å². The molecule has 2 aromatic carbocycles. The van der Waals surface area contributed by atoms with Crippen LogP contribution in [0, 0.1) is 6.92 Å². The molecule has 1 N–H and O–H groups in total. The van der Waals surface area contributed by atoms with Crippen LogP contribution >= 0.6 is 0 Å².